The number of nitrogens with one attached hydrogen (secondary N) is 2. The zero-order chi connectivity index (χ0) is 14.1. The van der Waals surface area contributed by atoms with Crippen molar-refractivity contribution in [2.24, 2.45) is 4.99 Å². The van der Waals surface area contributed by atoms with Crippen LogP contribution >= 0.6 is 39.9 Å². The monoisotopic (exact) mass is 451 g/mol. The number of methoxy groups -OCH3 is 1. The van der Waals surface area contributed by atoms with E-state index in [0.29, 0.717) is 19.0 Å². The van der Waals surface area contributed by atoms with Gasteiger partial charge in [0.1, 0.15) is 5.75 Å². The van der Waals surface area contributed by atoms with Crippen LogP contribution in [0.4, 0.5) is 0 Å². The van der Waals surface area contributed by atoms with Crippen molar-refractivity contribution in [3.8, 4) is 18.1 Å². The molecule has 0 bridgehead atoms. The molecular weight excluding hydrogens is 433 g/mol. The molecule has 0 spiro atoms. The van der Waals surface area contributed by atoms with Gasteiger partial charge in [0.2, 0.25) is 0 Å². The summed E-state index contributed by atoms with van der Waals surface area (Å²) in [5.74, 6) is 4.04. The number of benzene rings is 1. The van der Waals surface area contributed by atoms with Crippen LogP contribution in [0.25, 0.3) is 0 Å². The zero-order valence-corrected chi connectivity index (χ0v) is 15.5. The Kier molecular flexibility index (Phi) is 10.3. The molecule has 4 nitrogen and oxygen atoms in total. The lowest BCUT2D eigenvalue weighted by atomic mass is 10.2. The van der Waals surface area contributed by atoms with E-state index in [1.54, 1.807) is 7.11 Å². The van der Waals surface area contributed by atoms with Gasteiger partial charge in [-0.25, -0.2) is 4.99 Å². The Labute approximate surface area is 145 Å². The van der Waals surface area contributed by atoms with Gasteiger partial charge in [-0.15, -0.1) is 30.4 Å². The predicted molar refractivity (Wildman–Crippen MR) is 97.8 cm³/mol. The van der Waals surface area contributed by atoms with E-state index >= 15 is 0 Å². The maximum absolute atomic E-state index is 5.22. The molecule has 1 aromatic rings. The summed E-state index contributed by atoms with van der Waals surface area (Å²) >= 11 is 3.50. The van der Waals surface area contributed by atoms with Gasteiger partial charge in [-0.3, -0.25) is 0 Å². The van der Waals surface area contributed by atoms with Gasteiger partial charge < -0.3 is 15.4 Å². The normalized spacial score (nSPS) is 10.2. The second-order valence-corrected chi connectivity index (χ2v) is 4.56. The highest BCUT2D eigenvalue weighted by molar-refractivity contribution is 14.0. The summed E-state index contributed by atoms with van der Waals surface area (Å²) in [7, 11) is 1.65. The van der Waals surface area contributed by atoms with Gasteiger partial charge >= 0.3 is 0 Å². The number of nitrogens with zero attached hydrogens (tertiary/aromatic N) is 1. The number of aliphatic imine (C=N–C) groups is 1. The van der Waals surface area contributed by atoms with Crippen molar-refractivity contribution in [1.82, 2.24) is 10.6 Å². The van der Waals surface area contributed by atoms with Gasteiger partial charge in [0.05, 0.1) is 20.2 Å². The van der Waals surface area contributed by atoms with Crippen molar-refractivity contribution >= 4 is 45.9 Å². The lowest BCUT2D eigenvalue weighted by Gasteiger charge is -2.10. The number of guanidine groups is 1. The largest absolute Gasteiger partial charge is 0.497 e. The van der Waals surface area contributed by atoms with Crippen molar-refractivity contribution in [1.29, 1.82) is 0 Å². The molecule has 0 saturated carbocycles. The average molecular weight is 452 g/mol. The maximum atomic E-state index is 5.22. The van der Waals surface area contributed by atoms with E-state index < -0.39 is 0 Å². The van der Waals surface area contributed by atoms with Crippen LogP contribution in [0.15, 0.2) is 27.7 Å². The molecule has 110 valence electrons. The van der Waals surface area contributed by atoms with Crippen LogP contribution in [0, 0.1) is 12.3 Å². The maximum Gasteiger partial charge on any atom is 0.192 e. The number of terminal acetylenes is 1. The smallest absolute Gasteiger partial charge is 0.192 e. The summed E-state index contributed by atoms with van der Waals surface area (Å²) in [5.41, 5.74) is 1.05. The zero-order valence-electron chi connectivity index (χ0n) is 11.6. The summed E-state index contributed by atoms with van der Waals surface area (Å²) < 4.78 is 6.21. The van der Waals surface area contributed by atoms with Crippen LogP contribution in [0.1, 0.15) is 12.5 Å². The van der Waals surface area contributed by atoms with Gasteiger partial charge in [-0.05, 0) is 30.7 Å². The van der Waals surface area contributed by atoms with E-state index in [1.807, 2.05) is 25.1 Å². The molecule has 0 radical (unpaired) electrons. The van der Waals surface area contributed by atoms with E-state index in [4.69, 9.17) is 11.2 Å². The minimum atomic E-state index is 0. The molecule has 1 aromatic carbocycles. The highest BCUT2D eigenvalue weighted by Gasteiger charge is 2.02. The standard InChI is InChI=1S/C14H18BrN3O.HI/c1-4-8-17-14(16-5-2)18-10-11-9-12(19-3)6-7-13(11)15;/h1,6-7,9H,5,8,10H2,2-3H3,(H2,16,17,18);1H. The lowest BCUT2D eigenvalue weighted by Crippen LogP contribution is -2.37. The SMILES string of the molecule is C#CCNC(=NCc1cc(OC)ccc1Br)NCC.I. The minimum absolute atomic E-state index is 0. The van der Waals surface area contributed by atoms with Crippen LogP contribution < -0.4 is 15.4 Å². The Hall–Kier alpha value is -0.940. The second-order valence-electron chi connectivity index (χ2n) is 3.71. The molecule has 0 atom stereocenters. The van der Waals surface area contributed by atoms with Crippen molar-refractivity contribution in [2.45, 2.75) is 13.5 Å². The van der Waals surface area contributed by atoms with Crippen LogP contribution in [0.5, 0.6) is 5.75 Å². The molecular formula is C14H19BrIN3O. The summed E-state index contributed by atoms with van der Waals surface area (Å²) in [4.78, 5) is 4.47. The Morgan fingerprint density at radius 2 is 2.20 bits per heavy atom. The molecule has 0 heterocycles. The fourth-order valence-electron chi connectivity index (χ4n) is 1.44. The highest BCUT2D eigenvalue weighted by atomic mass is 127. The molecule has 6 heteroatoms. The molecule has 20 heavy (non-hydrogen) atoms. The molecule has 0 amide bonds. The van der Waals surface area contributed by atoms with E-state index in [9.17, 15) is 0 Å². The van der Waals surface area contributed by atoms with Gasteiger partial charge in [-0.2, -0.15) is 0 Å². The van der Waals surface area contributed by atoms with Gasteiger partial charge in [-0.1, -0.05) is 21.9 Å². The van der Waals surface area contributed by atoms with Crippen LogP contribution in [-0.2, 0) is 6.54 Å². The van der Waals surface area contributed by atoms with Crippen molar-refractivity contribution < 1.29 is 4.74 Å². The summed E-state index contributed by atoms with van der Waals surface area (Å²) in [6.07, 6.45) is 5.22. The lowest BCUT2D eigenvalue weighted by molar-refractivity contribution is 0.414. The molecule has 0 aliphatic heterocycles. The molecule has 0 aliphatic rings. The Morgan fingerprint density at radius 1 is 1.45 bits per heavy atom. The first-order valence-electron chi connectivity index (χ1n) is 5.99. The van der Waals surface area contributed by atoms with E-state index in [-0.39, 0.29) is 24.0 Å². The van der Waals surface area contributed by atoms with Crippen LogP contribution in [0.2, 0.25) is 0 Å². The molecule has 2 N–H and O–H groups in total. The fraction of sp³-hybridized carbons (Fsp3) is 0.357. The van der Waals surface area contributed by atoms with E-state index in [0.717, 1.165) is 22.3 Å². The fourth-order valence-corrected chi connectivity index (χ4v) is 1.81. The van der Waals surface area contributed by atoms with Crippen LogP contribution in [-0.4, -0.2) is 26.2 Å². The third kappa shape index (κ3) is 6.48. The molecule has 0 aliphatic carbocycles. The summed E-state index contributed by atoms with van der Waals surface area (Å²) in [6.45, 7) is 3.78. The van der Waals surface area contributed by atoms with E-state index in [2.05, 4.69) is 37.5 Å². The Morgan fingerprint density at radius 3 is 2.80 bits per heavy atom. The van der Waals surface area contributed by atoms with Crippen molar-refractivity contribution in [3.63, 3.8) is 0 Å². The number of hydrogen-bond acceptors (Lipinski definition) is 2. The topological polar surface area (TPSA) is 45.7 Å². The minimum Gasteiger partial charge on any atom is -0.497 e. The third-order valence-electron chi connectivity index (χ3n) is 2.36. The number of rotatable bonds is 5. The Bertz CT molecular complexity index is 486. The number of hydrogen-bond donors (Lipinski definition) is 2. The van der Waals surface area contributed by atoms with Crippen LogP contribution in [0.3, 0.4) is 0 Å². The number of halogens is 2. The van der Waals surface area contributed by atoms with E-state index in [1.165, 1.54) is 0 Å². The third-order valence-corrected chi connectivity index (χ3v) is 3.14. The molecule has 1 rings (SSSR count). The number of ether oxygens (including phenoxy) is 1. The Balaban J connectivity index is 0.00000361. The summed E-state index contributed by atoms with van der Waals surface area (Å²) in [5, 5.41) is 6.18. The predicted octanol–water partition coefficient (Wildman–Crippen LogP) is 2.76. The first-order chi connectivity index (χ1) is 9.21. The first-order valence-corrected chi connectivity index (χ1v) is 6.78. The molecule has 0 aromatic heterocycles. The van der Waals surface area contributed by atoms with Gasteiger partial charge in [0.25, 0.3) is 0 Å². The second kappa shape index (κ2) is 10.8. The molecule has 0 fully saturated rings. The van der Waals surface area contributed by atoms with Crippen molar-refractivity contribution in [3.05, 3.63) is 28.2 Å². The summed E-state index contributed by atoms with van der Waals surface area (Å²) in [6, 6.07) is 5.81. The average Bonchev–Trinajstić information content (AvgIpc) is 2.43. The van der Waals surface area contributed by atoms with Gasteiger partial charge in [0.15, 0.2) is 5.96 Å². The van der Waals surface area contributed by atoms with Crippen molar-refractivity contribution in [2.75, 3.05) is 20.2 Å². The van der Waals surface area contributed by atoms with Gasteiger partial charge in [0, 0.05) is 11.0 Å². The highest BCUT2D eigenvalue weighted by Crippen LogP contribution is 2.23. The molecule has 0 saturated heterocycles. The molecule has 0 unspecified atom stereocenters. The quantitative estimate of drug-likeness (QED) is 0.313. The first kappa shape index (κ1) is 19.1.